The zero-order valence-electron chi connectivity index (χ0n) is 16.2. The number of hydrogen-bond donors (Lipinski definition) is 1. The van der Waals surface area contributed by atoms with Gasteiger partial charge in [0, 0.05) is 5.39 Å². The lowest BCUT2D eigenvalue weighted by Crippen LogP contribution is -1.79. The van der Waals surface area contributed by atoms with E-state index in [0.717, 1.165) is 27.7 Å². The number of azo groups is 2. The van der Waals surface area contributed by atoms with Crippen molar-refractivity contribution < 1.29 is 5.11 Å². The largest absolute Gasteiger partial charge is 0.505 e. The maximum Gasteiger partial charge on any atom is 0.151 e. The fraction of sp³-hybridized carbons (Fsp3) is 0.0833. The number of rotatable bonds is 4. The summed E-state index contributed by atoms with van der Waals surface area (Å²) in [6.07, 6.45) is 0. The van der Waals surface area contributed by atoms with E-state index in [0.29, 0.717) is 11.4 Å². The van der Waals surface area contributed by atoms with Crippen molar-refractivity contribution in [2.24, 2.45) is 20.5 Å². The molecular weight excluding hydrogens is 360 g/mol. The molecule has 0 unspecified atom stereocenters. The third-order valence-corrected chi connectivity index (χ3v) is 4.64. The summed E-state index contributed by atoms with van der Waals surface area (Å²) in [7, 11) is 0. The Hall–Kier alpha value is -3.86. The molecule has 0 bridgehead atoms. The zero-order valence-corrected chi connectivity index (χ0v) is 16.2. The molecule has 4 aromatic carbocycles. The fourth-order valence-corrected chi connectivity index (χ4v) is 3.03. The summed E-state index contributed by atoms with van der Waals surface area (Å²) in [5.41, 5.74) is 4.83. The standard InChI is InChI=1S/C24H20N4O/c1-16-6-9-19(10-7-16)25-26-20-11-13-21(14-12-20)27-28-22-15-8-18-5-3-4-17(2)23(18)24(22)29/h3-15,29H,1-2H3. The molecule has 1 N–H and O–H groups in total. The van der Waals surface area contributed by atoms with Gasteiger partial charge in [0.1, 0.15) is 5.69 Å². The Labute approximate surface area is 169 Å². The van der Waals surface area contributed by atoms with Crippen molar-refractivity contribution in [3.05, 3.63) is 90.0 Å². The Bertz CT molecular complexity index is 1210. The smallest absolute Gasteiger partial charge is 0.151 e. The van der Waals surface area contributed by atoms with E-state index >= 15 is 0 Å². The van der Waals surface area contributed by atoms with Crippen LogP contribution in [0, 0.1) is 13.8 Å². The van der Waals surface area contributed by atoms with E-state index in [1.54, 1.807) is 6.07 Å². The van der Waals surface area contributed by atoms with Crippen molar-refractivity contribution in [3.63, 3.8) is 0 Å². The highest BCUT2D eigenvalue weighted by Gasteiger charge is 2.08. The summed E-state index contributed by atoms with van der Waals surface area (Å²) in [5.74, 6) is 0.146. The van der Waals surface area contributed by atoms with E-state index < -0.39 is 0 Å². The molecule has 0 amide bonds. The molecule has 0 radical (unpaired) electrons. The number of benzene rings is 4. The van der Waals surface area contributed by atoms with Crippen LogP contribution in [0.15, 0.2) is 99.3 Å². The Morgan fingerprint density at radius 3 is 1.76 bits per heavy atom. The normalized spacial score (nSPS) is 11.7. The molecular formula is C24H20N4O. The van der Waals surface area contributed by atoms with E-state index in [1.807, 2.05) is 86.6 Å². The van der Waals surface area contributed by atoms with Gasteiger partial charge in [-0.25, -0.2) is 0 Å². The zero-order chi connectivity index (χ0) is 20.2. The van der Waals surface area contributed by atoms with Crippen molar-refractivity contribution >= 4 is 33.5 Å². The van der Waals surface area contributed by atoms with Crippen molar-refractivity contribution in [2.45, 2.75) is 13.8 Å². The second-order valence-electron chi connectivity index (χ2n) is 6.86. The van der Waals surface area contributed by atoms with Gasteiger partial charge in [-0.1, -0.05) is 42.0 Å². The lowest BCUT2D eigenvalue weighted by atomic mass is 10.0. The quantitative estimate of drug-likeness (QED) is 0.358. The van der Waals surface area contributed by atoms with Gasteiger partial charge in [-0.05, 0) is 67.3 Å². The van der Waals surface area contributed by atoms with Gasteiger partial charge in [0.15, 0.2) is 5.75 Å². The molecule has 0 aliphatic rings. The van der Waals surface area contributed by atoms with E-state index in [1.165, 1.54) is 5.56 Å². The predicted octanol–water partition coefficient (Wildman–Crippen LogP) is 7.99. The minimum absolute atomic E-state index is 0.146. The van der Waals surface area contributed by atoms with Crippen LogP contribution in [-0.4, -0.2) is 5.11 Å². The Balaban J connectivity index is 1.52. The van der Waals surface area contributed by atoms with Gasteiger partial charge in [0.05, 0.1) is 17.1 Å². The highest BCUT2D eigenvalue weighted by atomic mass is 16.3. The van der Waals surface area contributed by atoms with Gasteiger partial charge in [0.2, 0.25) is 0 Å². The molecule has 0 atom stereocenters. The van der Waals surface area contributed by atoms with Crippen molar-refractivity contribution in [3.8, 4) is 5.75 Å². The van der Waals surface area contributed by atoms with Crippen LogP contribution >= 0.6 is 0 Å². The van der Waals surface area contributed by atoms with Crippen LogP contribution in [0.4, 0.5) is 22.7 Å². The molecule has 4 rings (SSSR count). The average molecular weight is 380 g/mol. The summed E-state index contributed by atoms with van der Waals surface area (Å²) in [4.78, 5) is 0. The first-order valence-electron chi connectivity index (χ1n) is 9.32. The van der Waals surface area contributed by atoms with E-state index in [4.69, 9.17) is 0 Å². The Kier molecular flexibility index (Phi) is 5.12. The molecule has 29 heavy (non-hydrogen) atoms. The van der Waals surface area contributed by atoms with E-state index in [9.17, 15) is 5.11 Å². The van der Waals surface area contributed by atoms with Crippen LogP contribution in [0.1, 0.15) is 11.1 Å². The fourth-order valence-electron chi connectivity index (χ4n) is 3.03. The Morgan fingerprint density at radius 2 is 1.14 bits per heavy atom. The number of aromatic hydroxyl groups is 1. The van der Waals surface area contributed by atoms with Crippen LogP contribution in [0.3, 0.4) is 0 Å². The number of hydrogen-bond acceptors (Lipinski definition) is 5. The molecule has 0 aromatic heterocycles. The molecule has 0 spiro atoms. The van der Waals surface area contributed by atoms with Crippen molar-refractivity contribution in [1.29, 1.82) is 0 Å². The van der Waals surface area contributed by atoms with Crippen LogP contribution in [0.5, 0.6) is 5.75 Å². The molecule has 0 aliphatic carbocycles. The first-order valence-corrected chi connectivity index (χ1v) is 9.32. The van der Waals surface area contributed by atoms with Crippen LogP contribution in [0.25, 0.3) is 10.8 Å². The van der Waals surface area contributed by atoms with Crippen molar-refractivity contribution in [2.75, 3.05) is 0 Å². The third kappa shape index (κ3) is 4.19. The van der Waals surface area contributed by atoms with Crippen LogP contribution in [-0.2, 0) is 0 Å². The molecule has 0 aliphatic heterocycles. The minimum Gasteiger partial charge on any atom is -0.505 e. The van der Waals surface area contributed by atoms with Crippen LogP contribution in [0.2, 0.25) is 0 Å². The first kappa shape index (κ1) is 18.5. The molecule has 0 heterocycles. The monoisotopic (exact) mass is 380 g/mol. The first-order chi connectivity index (χ1) is 14.1. The number of nitrogens with zero attached hydrogens (tertiary/aromatic N) is 4. The minimum atomic E-state index is 0.146. The maximum atomic E-state index is 10.6. The molecule has 142 valence electrons. The van der Waals surface area contributed by atoms with Crippen LogP contribution < -0.4 is 0 Å². The number of fused-ring (bicyclic) bond motifs is 1. The molecule has 4 aromatic rings. The summed E-state index contributed by atoms with van der Waals surface area (Å²) in [5, 5.41) is 29.3. The highest BCUT2D eigenvalue weighted by Crippen LogP contribution is 2.37. The molecule has 0 fully saturated rings. The Morgan fingerprint density at radius 1 is 0.586 bits per heavy atom. The van der Waals surface area contributed by atoms with Gasteiger partial charge in [-0.15, -0.1) is 5.11 Å². The van der Waals surface area contributed by atoms with Gasteiger partial charge in [-0.2, -0.15) is 15.3 Å². The van der Waals surface area contributed by atoms with Gasteiger partial charge < -0.3 is 5.11 Å². The number of phenolic OH excluding ortho intramolecular Hbond substituents is 1. The second kappa shape index (κ2) is 8.02. The van der Waals surface area contributed by atoms with E-state index in [-0.39, 0.29) is 5.75 Å². The number of aryl methyl sites for hydroxylation is 2. The molecule has 0 saturated heterocycles. The van der Waals surface area contributed by atoms with Crippen molar-refractivity contribution in [1.82, 2.24) is 0 Å². The molecule has 5 heteroatoms. The van der Waals surface area contributed by atoms with E-state index in [2.05, 4.69) is 20.5 Å². The lowest BCUT2D eigenvalue weighted by molar-refractivity contribution is 0.482. The summed E-state index contributed by atoms with van der Waals surface area (Å²) < 4.78 is 0. The topological polar surface area (TPSA) is 69.7 Å². The maximum absolute atomic E-state index is 10.6. The molecule has 0 saturated carbocycles. The highest BCUT2D eigenvalue weighted by molar-refractivity contribution is 5.94. The second-order valence-corrected chi connectivity index (χ2v) is 6.86. The number of phenols is 1. The summed E-state index contributed by atoms with van der Waals surface area (Å²) in [6.45, 7) is 4.00. The molecule has 5 nitrogen and oxygen atoms in total. The lowest BCUT2D eigenvalue weighted by Gasteiger charge is -2.06. The summed E-state index contributed by atoms with van der Waals surface area (Å²) >= 11 is 0. The van der Waals surface area contributed by atoms with Gasteiger partial charge in [0.25, 0.3) is 0 Å². The van der Waals surface area contributed by atoms with Gasteiger partial charge in [-0.3, -0.25) is 0 Å². The average Bonchev–Trinajstić information content (AvgIpc) is 2.74. The van der Waals surface area contributed by atoms with Gasteiger partial charge >= 0.3 is 0 Å². The SMILES string of the molecule is Cc1ccc(N=Nc2ccc(N=Nc3ccc4cccc(C)c4c3O)cc2)cc1. The predicted molar refractivity (Wildman–Crippen MR) is 116 cm³/mol. The third-order valence-electron chi connectivity index (χ3n) is 4.64. The summed E-state index contributed by atoms with van der Waals surface area (Å²) in [6, 6.07) is 24.8.